The predicted octanol–water partition coefficient (Wildman–Crippen LogP) is 3.22. The van der Waals surface area contributed by atoms with Crippen molar-refractivity contribution < 1.29 is 23.4 Å². The van der Waals surface area contributed by atoms with Crippen LogP contribution < -0.4 is 20.1 Å². The third kappa shape index (κ3) is 5.92. The Morgan fingerprint density at radius 3 is 2.59 bits per heavy atom. The molecule has 2 aromatic carbocycles. The molecule has 0 aliphatic carbocycles. The van der Waals surface area contributed by atoms with E-state index in [1.807, 2.05) is 0 Å². The van der Waals surface area contributed by atoms with Crippen molar-refractivity contribution in [2.24, 2.45) is 4.99 Å². The Morgan fingerprint density at radius 2 is 1.97 bits per heavy atom. The van der Waals surface area contributed by atoms with E-state index in [4.69, 9.17) is 14.2 Å². The summed E-state index contributed by atoms with van der Waals surface area (Å²) in [6, 6.07) is 10.7. The highest BCUT2D eigenvalue weighted by molar-refractivity contribution is 6.10. The van der Waals surface area contributed by atoms with Crippen molar-refractivity contribution in [1.29, 1.82) is 0 Å². The molecule has 0 saturated carbocycles. The van der Waals surface area contributed by atoms with E-state index in [9.17, 15) is 9.18 Å². The van der Waals surface area contributed by atoms with Gasteiger partial charge < -0.3 is 19.5 Å². The first-order valence-electron chi connectivity index (χ1n) is 9.30. The van der Waals surface area contributed by atoms with E-state index in [2.05, 4.69) is 15.6 Å². The fourth-order valence-electron chi connectivity index (χ4n) is 2.92. The standard InChI is InChI=1S/C21H24FN3O4/c1-27-18-10-16(11-19(12-18)28-2)24-21(23-13-17-7-4-8-29-17)25-20(26)14-5-3-6-15(22)9-14/h3,5-6,9-12,17H,4,7-8,13H2,1-2H3,(H2,23,24,25,26)/t17-/m0/s1. The Balaban J connectivity index is 1.80. The molecule has 1 atom stereocenters. The van der Waals surface area contributed by atoms with Gasteiger partial charge in [0.15, 0.2) is 0 Å². The SMILES string of the molecule is COc1cc(NC(=NC[C@@H]2CCCO2)NC(=O)c2cccc(F)c2)cc(OC)c1. The molecular weight excluding hydrogens is 377 g/mol. The van der Waals surface area contributed by atoms with Crippen LogP contribution in [0.4, 0.5) is 10.1 Å². The van der Waals surface area contributed by atoms with Crippen LogP contribution in [-0.4, -0.2) is 45.3 Å². The third-order valence-corrected chi connectivity index (χ3v) is 4.41. The predicted molar refractivity (Wildman–Crippen MR) is 108 cm³/mol. The summed E-state index contributed by atoms with van der Waals surface area (Å²) in [6.07, 6.45) is 1.92. The van der Waals surface area contributed by atoms with Gasteiger partial charge in [0, 0.05) is 36.1 Å². The van der Waals surface area contributed by atoms with Crippen LogP contribution in [0.15, 0.2) is 47.5 Å². The molecule has 2 aromatic rings. The molecule has 1 amide bonds. The maximum Gasteiger partial charge on any atom is 0.258 e. The van der Waals surface area contributed by atoms with Gasteiger partial charge in [0.25, 0.3) is 5.91 Å². The number of nitrogens with one attached hydrogen (secondary N) is 2. The summed E-state index contributed by atoms with van der Waals surface area (Å²) in [5.41, 5.74) is 0.812. The van der Waals surface area contributed by atoms with Crippen molar-refractivity contribution in [2.45, 2.75) is 18.9 Å². The quantitative estimate of drug-likeness (QED) is 0.574. The number of aliphatic imine (C=N–C) groups is 1. The molecule has 3 rings (SSSR count). The van der Waals surface area contributed by atoms with Gasteiger partial charge in [0.05, 0.1) is 26.9 Å². The molecule has 1 aliphatic rings. The van der Waals surface area contributed by atoms with Crippen molar-refractivity contribution in [3.63, 3.8) is 0 Å². The number of halogens is 1. The Morgan fingerprint density at radius 1 is 1.21 bits per heavy atom. The van der Waals surface area contributed by atoms with Crippen LogP contribution in [0, 0.1) is 5.82 Å². The summed E-state index contributed by atoms with van der Waals surface area (Å²) >= 11 is 0. The zero-order chi connectivity index (χ0) is 20.6. The second-order valence-corrected chi connectivity index (χ2v) is 6.52. The lowest BCUT2D eigenvalue weighted by molar-refractivity contribution is 0.0975. The van der Waals surface area contributed by atoms with Crippen LogP contribution in [0.25, 0.3) is 0 Å². The van der Waals surface area contributed by atoms with E-state index in [1.54, 1.807) is 32.4 Å². The monoisotopic (exact) mass is 401 g/mol. The van der Waals surface area contributed by atoms with Gasteiger partial charge in [-0.05, 0) is 31.0 Å². The molecule has 0 aromatic heterocycles. The number of ether oxygens (including phenoxy) is 3. The van der Waals surface area contributed by atoms with Crippen molar-refractivity contribution in [1.82, 2.24) is 5.32 Å². The summed E-state index contributed by atoms with van der Waals surface area (Å²) in [7, 11) is 3.10. The molecule has 8 heteroatoms. The number of anilines is 1. The number of nitrogens with zero attached hydrogens (tertiary/aromatic N) is 1. The molecule has 0 bridgehead atoms. The van der Waals surface area contributed by atoms with Gasteiger partial charge in [0.1, 0.15) is 17.3 Å². The Kier molecular flexibility index (Phi) is 7.02. The number of rotatable bonds is 6. The van der Waals surface area contributed by atoms with Crippen LogP contribution >= 0.6 is 0 Å². The summed E-state index contributed by atoms with van der Waals surface area (Å²) < 4.78 is 29.6. The van der Waals surface area contributed by atoms with Gasteiger partial charge >= 0.3 is 0 Å². The number of amides is 1. The van der Waals surface area contributed by atoms with E-state index in [-0.39, 0.29) is 17.6 Å². The largest absolute Gasteiger partial charge is 0.497 e. The molecule has 1 fully saturated rings. The van der Waals surface area contributed by atoms with Gasteiger partial charge in [-0.1, -0.05) is 6.07 Å². The second kappa shape index (κ2) is 9.88. The Bertz CT molecular complexity index is 860. The minimum Gasteiger partial charge on any atom is -0.497 e. The van der Waals surface area contributed by atoms with Gasteiger partial charge in [0.2, 0.25) is 5.96 Å². The summed E-state index contributed by atoms with van der Waals surface area (Å²) in [5.74, 6) is 0.438. The van der Waals surface area contributed by atoms with Gasteiger partial charge in [-0.25, -0.2) is 9.38 Å². The van der Waals surface area contributed by atoms with Crippen LogP contribution in [0.5, 0.6) is 11.5 Å². The number of benzene rings is 2. The summed E-state index contributed by atoms with van der Waals surface area (Å²) in [4.78, 5) is 17.0. The third-order valence-electron chi connectivity index (χ3n) is 4.41. The van der Waals surface area contributed by atoms with Crippen molar-refractivity contribution in [2.75, 3.05) is 32.7 Å². The van der Waals surface area contributed by atoms with Gasteiger partial charge in [-0.2, -0.15) is 0 Å². The first-order valence-corrected chi connectivity index (χ1v) is 9.30. The molecule has 29 heavy (non-hydrogen) atoms. The van der Waals surface area contributed by atoms with Crippen LogP contribution in [0.1, 0.15) is 23.2 Å². The topological polar surface area (TPSA) is 81.2 Å². The van der Waals surface area contributed by atoms with Crippen molar-refractivity contribution in [3.8, 4) is 11.5 Å². The summed E-state index contributed by atoms with van der Waals surface area (Å²) in [6.45, 7) is 1.11. The molecule has 1 saturated heterocycles. The smallest absolute Gasteiger partial charge is 0.258 e. The second-order valence-electron chi connectivity index (χ2n) is 6.52. The number of guanidine groups is 1. The highest BCUT2D eigenvalue weighted by Gasteiger charge is 2.16. The summed E-state index contributed by atoms with van der Waals surface area (Å²) in [5, 5.41) is 5.78. The number of carbonyl (C=O) groups excluding carboxylic acids is 1. The first kappa shape index (κ1) is 20.6. The Hall–Kier alpha value is -3.13. The molecular formula is C21H24FN3O4. The van der Waals surface area contributed by atoms with E-state index < -0.39 is 11.7 Å². The molecule has 0 radical (unpaired) electrons. The first-order chi connectivity index (χ1) is 14.1. The lowest BCUT2D eigenvalue weighted by Crippen LogP contribution is -2.36. The lowest BCUT2D eigenvalue weighted by atomic mass is 10.2. The normalized spacial score (nSPS) is 16.4. The molecule has 154 valence electrons. The van der Waals surface area contributed by atoms with Crippen LogP contribution in [-0.2, 0) is 4.74 Å². The van der Waals surface area contributed by atoms with E-state index in [0.717, 1.165) is 12.8 Å². The maximum atomic E-state index is 13.5. The average molecular weight is 401 g/mol. The number of carbonyl (C=O) groups is 1. The average Bonchev–Trinajstić information content (AvgIpc) is 3.25. The zero-order valence-electron chi connectivity index (χ0n) is 16.4. The minimum absolute atomic E-state index is 0.0118. The molecule has 0 spiro atoms. The van der Waals surface area contributed by atoms with E-state index in [1.165, 1.54) is 24.3 Å². The Labute approximate surface area is 168 Å². The number of methoxy groups -OCH3 is 2. The number of hydrogen-bond donors (Lipinski definition) is 2. The number of hydrogen-bond acceptors (Lipinski definition) is 5. The fraction of sp³-hybridized carbons (Fsp3) is 0.333. The fourth-order valence-corrected chi connectivity index (χ4v) is 2.92. The molecule has 1 aliphatic heterocycles. The molecule has 2 N–H and O–H groups in total. The van der Waals surface area contributed by atoms with Crippen LogP contribution in [0.3, 0.4) is 0 Å². The van der Waals surface area contributed by atoms with Gasteiger partial charge in [-0.15, -0.1) is 0 Å². The highest BCUT2D eigenvalue weighted by atomic mass is 19.1. The zero-order valence-corrected chi connectivity index (χ0v) is 16.4. The van der Waals surface area contributed by atoms with Crippen LogP contribution in [0.2, 0.25) is 0 Å². The molecule has 7 nitrogen and oxygen atoms in total. The maximum absolute atomic E-state index is 13.5. The minimum atomic E-state index is -0.485. The van der Waals surface area contributed by atoms with Crippen molar-refractivity contribution >= 4 is 17.6 Å². The molecule has 1 heterocycles. The van der Waals surface area contributed by atoms with E-state index >= 15 is 0 Å². The lowest BCUT2D eigenvalue weighted by Gasteiger charge is -2.15. The van der Waals surface area contributed by atoms with Crippen molar-refractivity contribution in [3.05, 3.63) is 53.8 Å². The van der Waals surface area contributed by atoms with Gasteiger partial charge in [-0.3, -0.25) is 10.1 Å². The van der Waals surface area contributed by atoms with E-state index in [0.29, 0.717) is 30.3 Å². The molecule has 0 unspecified atom stereocenters. The highest BCUT2D eigenvalue weighted by Crippen LogP contribution is 2.25.